The van der Waals surface area contributed by atoms with Crippen molar-refractivity contribution in [1.82, 2.24) is 14.5 Å². The maximum Gasteiger partial charge on any atom is 0.262 e. The molecule has 0 fully saturated rings. The number of nitrogens with zero attached hydrogens (tertiary/aromatic N) is 3. The van der Waals surface area contributed by atoms with Gasteiger partial charge in [-0.25, -0.2) is 9.97 Å². The van der Waals surface area contributed by atoms with Gasteiger partial charge in [-0.15, -0.1) is 11.3 Å². The highest BCUT2D eigenvalue weighted by atomic mass is 32.2. The lowest BCUT2D eigenvalue weighted by Gasteiger charge is -2.12. The Labute approximate surface area is 142 Å². The second kappa shape index (κ2) is 7.25. The summed E-state index contributed by atoms with van der Waals surface area (Å²) >= 11 is 3.12. The Bertz CT molecular complexity index is 873. The van der Waals surface area contributed by atoms with Gasteiger partial charge in [-0.1, -0.05) is 23.9 Å². The van der Waals surface area contributed by atoms with Crippen LogP contribution in [0.3, 0.4) is 0 Å². The molecule has 0 radical (unpaired) electrons. The van der Waals surface area contributed by atoms with Crippen LogP contribution < -0.4 is 5.56 Å². The van der Waals surface area contributed by atoms with Crippen molar-refractivity contribution in [2.45, 2.75) is 30.8 Å². The summed E-state index contributed by atoms with van der Waals surface area (Å²) < 4.78 is 1.66. The van der Waals surface area contributed by atoms with Gasteiger partial charge in [0.05, 0.1) is 21.6 Å². The van der Waals surface area contributed by atoms with Crippen molar-refractivity contribution in [3.63, 3.8) is 0 Å². The molecule has 0 saturated carbocycles. The minimum absolute atomic E-state index is 0.0503. The minimum atomic E-state index is -0.0546. The summed E-state index contributed by atoms with van der Waals surface area (Å²) in [5.74, 6) is 0.675. The molecule has 5 nitrogen and oxygen atoms in total. The largest absolute Gasteiger partial charge is 0.396 e. The number of benzene rings is 1. The number of thioether (sulfide) groups is 1. The van der Waals surface area contributed by atoms with Crippen LogP contribution in [0.25, 0.3) is 10.9 Å². The Morgan fingerprint density at radius 2 is 2.13 bits per heavy atom. The van der Waals surface area contributed by atoms with Crippen LogP contribution in [0.4, 0.5) is 0 Å². The monoisotopic (exact) mass is 347 g/mol. The van der Waals surface area contributed by atoms with E-state index in [9.17, 15) is 4.79 Å². The zero-order chi connectivity index (χ0) is 16.2. The maximum atomic E-state index is 12.7. The molecule has 1 aromatic carbocycles. The minimum Gasteiger partial charge on any atom is -0.396 e. The van der Waals surface area contributed by atoms with E-state index >= 15 is 0 Å². The smallest absolute Gasteiger partial charge is 0.262 e. The van der Waals surface area contributed by atoms with Gasteiger partial charge < -0.3 is 5.11 Å². The Morgan fingerprint density at radius 1 is 1.30 bits per heavy atom. The van der Waals surface area contributed by atoms with Crippen LogP contribution >= 0.6 is 23.1 Å². The van der Waals surface area contributed by atoms with E-state index in [1.54, 1.807) is 22.0 Å². The van der Waals surface area contributed by atoms with Crippen LogP contribution in [-0.2, 0) is 12.3 Å². The van der Waals surface area contributed by atoms with Gasteiger partial charge in [0.1, 0.15) is 0 Å². The second-order valence-electron chi connectivity index (χ2n) is 5.09. The van der Waals surface area contributed by atoms with Crippen molar-refractivity contribution in [1.29, 1.82) is 0 Å². The zero-order valence-corrected chi connectivity index (χ0v) is 14.4. The van der Waals surface area contributed by atoms with Crippen molar-refractivity contribution in [3.8, 4) is 0 Å². The molecule has 0 unspecified atom stereocenters. The van der Waals surface area contributed by atoms with Crippen LogP contribution in [0.1, 0.15) is 17.1 Å². The van der Waals surface area contributed by atoms with Crippen LogP contribution in [-0.4, -0.2) is 26.2 Å². The van der Waals surface area contributed by atoms with Crippen LogP contribution in [0.2, 0.25) is 0 Å². The van der Waals surface area contributed by atoms with Gasteiger partial charge >= 0.3 is 0 Å². The lowest BCUT2D eigenvalue weighted by molar-refractivity contribution is 0.276. The third kappa shape index (κ3) is 3.63. The first-order valence-electron chi connectivity index (χ1n) is 7.33. The van der Waals surface area contributed by atoms with Crippen molar-refractivity contribution in [2.24, 2.45) is 0 Å². The van der Waals surface area contributed by atoms with E-state index in [1.807, 2.05) is 30.5 Å². The topological polar surface area (TPSA) is 68.0 Å². The number of para-hydroxylation sites is 1. The van der Waals surface area contributed by atoms with E-state index in [1.165, 1.54) is 11.8 Å². The molecule has 3 aromatic rings. The molecule has 0 amide bonds. The van der Waals surface area contributed by atoms with E-state index in [4.69, 9.17) is 5.11 Å². The lowest BCUT2D eigenvalue weighted by Crippen LogP contribution is -2.24. The molecule has 1 N–H and O–H groups in total. The Hall–Kier alpha value is -1.70. The van der Waals surface area contributed by atoms with E-state index in [2.05, 4.69) is 9.97 Å². The first kappa shape index (κ1) is 16.2. The van der Waals surface area contributed by atoms with Gasteiger partial charge in [0.25, 0.3) is 5.56 Å². The fourth-order valence-electron chi connectivity index (χ4n) is 2.30. The third-order valence-corrected chi connectivity index (χ3v) is 5.21. The maximum absolute atomic E-state index is 12.7. The molecule has 23 heavy (non-hydrogen) atoms. The molecule has 0 spiro atoms. The summed E-state index contributed by atoms with van der Waals surface area (Å²) in [5.41, 5.74) is 1.64. The second-order valence-corrected chi connectivity index (χ2v) is 7.10. The molecule has 2 heterocycles. The SMILES string of the molecule is Cc1nc(CSc2nc3ccccc3c(=O)n2CCCO)cs1. The van der Waals surface area contributed by atoms with E-state index in [0.29, 0.717) is 34.8 Å². The summed E-state index contributed by atoms with van der Waals surface area (Å²) in [6, 6.07) is 7.36. The molecule has 0 bridgehead atoms. The molecule has 0 atom stereocenters. The molecule has 0 aliphatic heterocycles. The average Bonchev–Trinajstić information content (AvgIpc) is 2.98. The van der Waals surface area contributed by atoms with E-state index in [0.717, 1.165) is 10.7 Å². The van der Waals surface area contributed by atoms with E-state index in [-0.39, 0.29) is 12.2 Å². The van der Waals surface area contributed by atoms with Crippen LogP contribution in [0, 0.1) is 6.92 Å². The first-order chi connectivity index (χ1) is 11.2. The standard InChI is InChI=1S/C16H17N3O2S2/c1-11-17-12(9-22-11)10-23-16-18-14-6-3-2-5-13(14)15(21)19(16)7-4-8-20/h2-3,5-6,9,20H,4,7-8,10H2,1H3. The predicted molar refractivity (Wildman–Crippen MR) is 94.1 cm³/mol. The molecule has 2 aromatic heterocycles. The molecule has 0 aliphatic carbocycles. The number of aliphatic hydroxyl groups excluding tert-OH is 1. The molecule has 120 valence electrons. The number of rotatable bonds is 6. The quantitative estimate of drug-likeness (QED) is 0.548. The molecule has 0 aliphatic rings. The highest BCUT2D eigenvalue weighted by Crippen LogP contribution is 2.23. The van der Waals surface area contributed by atoms with Gasteiger partial charge in [-0.2, -0.15) is 0 Å². The molecule has 7 heteroatoms. The van der Waals surface area contributed by atoms with Crippen molar-refractivity contribution < 1.29 is 5.11 Å². The molecular weight excluding hydrogens is 330 g/mol. The summed E-state index contributed by atoms with van der Waals surface area (Å²) in [6.07, 6.45) is 0.531. The zero-order valence-electron chi connectivity index (χ0n) is 12.7. The molecule has 0 saturated heterocycles. The Balaban J connectivity index is 1.97. The number of hydrogen-bond acceptors (Lipinski definition) is 6. The van der Waals surface area contributed by atoms with Gasteiger partial charge in [0, 0.05) is 24.3 Å². The van der Waals surface area contributed by atoms with Gasteiger partial charge in [0.15, 0.2) is 5.16 Å². The number of thiazole rings is 1. The van der Waals surface area contributed by atoms with Crippen LogP contribution in [0.15, 0.2) is 39.6 Å². The van der Waals surface area contributed by atoms with Crippen LogP contribution in [0.5, 0.6) is 0 Å². The van der Waals surface area contributed by atoms with Gasteiger partial charge in [0.2, 0.25) is 0 Å². The number of aryl methyl sites for hydroxylation is 1. The van der Waals surface area contributed by atoms with Crippen molar-refractivity contribution in [3.05, 3.63) is 50.7 Å². The molecular formula is C16H17N3O2S2. The Kier molecular flexibility index (Phi) is 5.09. The first-order valence-corrected chi connectivity index (χ1v) is 9.20. The number of aromatic nitrogens is 3. The average molecular weight is 347 g/mol. The predicted octanol–water partition coefficient (Wildman–Crippen LogP) is 2.84. The molecule has 3 rings (SSSR count). The Morgan fingerprint density at radius 3 is 2.87 bits per heavy atom. The highest BCUT2D eigenvalue weighted by molar-refractivity contribution is 7.98. The number of fused-ring (bicyclic) bond motifs is 1. The highest BCUT2D eigenvalue weighted by Gasteiger charge is 2.12. The number of aliphatic hydroxyl groups is 1. The fraction of sp³-hybridized carbons (Fsp3) is 0.312. The van der Waals surface area contributed by atoms with Crippen molar-refractivity contribution >= 4 is 34.0 Å². The van der Waals surface area contributed by atoms with Gasteiger partial charge in [-0.05, 0) is 25.5 Å². The van der Waals surface area contributed by atoms with E-state index < -0.39 is 0 Å². The normalized spacial score (nSPS) is 11.2. The van der Waals surface area contributed by atoms with Gasteiger partial charge in [-0.3, -0.25) is 9.36 Å². The summed E-state index contributed by atoms with van der Waals surface area (Å²) in [6.45, 7) is 2.49. The number of hydrogen-bond donors (Lipinski definition) is 1. The summed E-state index contributed by atoms with van der Waals surface area (Å²) in [5, 5.41) is 13.4. The fourth-order valence-corrected chi connectivity index (χ4v) is 3.93. The summed E-state index contributed by atoms with van der Waals surface area (Å²) in [4.78, 5) is 21.8. The van der Waals surface area contributed by atoms with Crippen molar-refractivity contribution in [2.75, 3.05) is 6.61 Å². The summed E-state index contributed by atoms with van der Waals surface area (Å²) in [7, 11) is 0. The lowest BCUT2D eigenvalue weighted by atomic mass is 10.2. The third-order valence-electron chi connectivity index (χ3n) is 3.38.